The van der Waals surface area contributed by atoms with Gasteiger partial charge in [-0.2, -0.15) is 5.26 Å². The number of carbonyl (C=O) groups is 2. The van der Waals surface area contributed by atoms with Gasteiger partial charge in [0.05, 0.1) is 6.61 Å². The zero-order chi connectivity index (χ0) is 22.4. The first kappa shape index (κ1) is 22.8. The Balaban J connectivity index is 1.95. The maximum absolute atomic E-state index is 12.8. The molecule has 0 atom stereocenters. The normalized spacial score (nSPS) is 11.0. The molecule has 0 aliphatic carbocycles. The smallest absolute Gasteiger partial charge is 0.341 e. The molecular weight excluding hydrogens is 500 g/mol. The lowest BCUT2D eigenvalue weighted by atomic mass is 10.0. The van der Waals surface area contributed by atoms with Crippen LogP contribution in [0.15, 0.2) is 64.0 Å². The number of hydrogen-bond acceptors (Lipinski definition) is 5. The highest BCUT2D eigenvalue weighted by Crippen LogP contribution is 2.37. The number of nitrogens with zero attached hydrogens (tertiary/aromatic N) is 1. The first-order chi connectivity index (χ1) is 14.9. The molecule has 31 heavy (non-hydrogen) atoms. The molecule has 156 valence electrons. The fourth-order valence-corrected chi connectivity index (χ4v) is 4.09. The van der Waals surface area contributed by atoms with Crippen LogP contribution in [-0.4, -0.2) is 18.5 Å². The van der Waals surface area contributed by atoms with Crippen molar-refractivity contribution in [3.63, 3.8) is 0 Å². The summed E-state index contributed by atoms with van der Waals surface area (Å²) in [6.45, 7) is 1.91. The molecule has 5 nitrogen and oxygen atoms in total. The van der Waals surface area contributed by atoms with Crippen LogP contribution in [0.2, 0.25) is 5.02 Å². The van der Waals surface area contributed by atoms with E-state index in [1.807, 2.05) is 30.3 Å². The summed E-state index contributed by atoms with van der Waals surface area (Å²) in [6.07, 6.45) is 1.46. The third-order valence-electron chi connectivity index (χ3n) is 4.20. The van der Waals surface area contributed by atoms with Crippen molar-refractivity contribution in [1.29, 1.82) is 5.26 Å². The number of carbonyl (C=O) groups excluding carboxylic acids is 2. The monoisotopic (exact) mass is 514 g/mol. The van der Waals surface area contributed by atoms with Gasteiger partial charge in [0.2, 0.25) is 0 Å². The number of halogens is 2. The summed E-state index contributed by atoms with van der Waals surface area (Å²) in [4.78, 5) is 25.4. The van der Waals surface area contributed by atoms with E-state index < -0.39 is 11.9 Å². The first-order valence-electron chi connectivity index (χ1n) is 9.16. The predicted octanol–water partition coefficient (Wildman–Crippen LogP) is 6.55. The largest absolute Gasteiger partial charge is 0.462 e. The predicted molar refractivity (Wildman–Crippen MR) is 127 cm³/mol. The second-order valence-corrected chi connectivity index (χ2v) is 8.49. The van der Waals surface area contributed by atoms with Crippen LogP contribution in [0.4, 0.5) is 5.00 Å². The van der Waals surface area contributed by atoms with E-state index in [0.29, 0.717) is 21.2 Å². The van der Waals surface area contributed by atoms with Gasteiger partial charge in [-0.05, 0) is 48.4 Å². The highest BCUT2D eigenvalue weighted by Gasteiger charge is 2.23. The Morgan fingerprint density at radius 2 is 1.87 bits per heavy atom. The molecule has 3 aromatic rings. The van der Waals surface area contributed by atoms with Crippen LogP contribution >= 0.6 is 38.9 Å². The van der Waals surface area contributed by atoms with Crippen molar-refractivity contribution in [2.24, 2.45) is 0 Å². The number of hydrogen-bond donors (Lipinski definition) is 1. The van der Waals surface area contributed by atoms with E-state index in [0.717, 1.165) is 10.0 Å². The average molecular weight is 516 g/mol. The van der Waals surface area contributed by atoms with E-state index in [2.05, 4.69) is 21.2 Å². The summed E-state index contributed by atoms with van der Waals surface area (Å²) in [7, 11) is 0. The Labute approximate surface area is 197 Å². The maximum atomic E-state index is 12.8. The van der Waals surface area contributed by atoms with Crippen molar-refractivity contribution in [1.82, 2.24) is 0 Å². The molecule has 0 unspecified atom stereocenters. The minimum atomic E-state index is -0.618. The lowest BCUT2D eigenvalue weighted by Crippen LogP contribution is -2.16. The number of anilines is 1. The Morgan fingerprint density at radius 3 is 2.48 bits per heavy atom. The standard InChI is InChI=1S/C23H16BrClN2O3S/c1-2-30-23(29)20-19(15-5-7-17(24)8-6-15)13-31-22(20)27-21(28)16(12-26)11-14-3-9-18(25)10-4-14/h3-11,13H,2H2,1H3,(H,27,28). The lowest BCUT2D eigenvalue weighted by molar-refractivity contribution is -0.112. The number of thiophene rings is 1. The number of benzene rings is 2. The molecule has 8 heteroatoms. The van der Waals surface area contributed by atoms with Gasteiger partial charge in [0.25, 0.3) is 5.91 Å². The molecule has 0 saturated carbocycles. The van der Waals surface area contributed by atoms with Crippen molar-refractivity contribution in [3.05, 3.63) is 80.1 Å². The highest BCUT2D eigenvalue weighted by molar-refractivity contribution is 9.10. The van der Waals surface area contributed by atoms with E-state index in [1.54, 1.807) is 36.6 Å². The molecule has 0 aliphatic rings. The molecule has 1 amide bonds. The van der Waals surface area contributed by atoms with Gasteiger partial charge < -0.3 is 10.1 Å². The van der Waals surface area contributed by atoms with Gasteiger partial charge in [-0.25, -0.2) is 4.79 Å². The molecule has 0 saturated heterocycles. The van der Waals surface area contributed by atoms with Gasteiger partial charge in [0.1, 0.15) is 22.2 Å². The van der Waals surface area contributed by atoms with Gasteiger partial charge >= 0.3 is 5.97 Å². The van der Waals surface area contributed by atoms with Gasteiger partial charge in [-0.15, -0.1) is 11.3 Å². The summed E-state index contributed by atoms with van der Waals surface area (Å²) in [5.74, 6) is -1.16. The first-order valence-corrected chi connectivity index (χ1v) is 11.2. The molecular formula is C23H16BrClN2O3S. The fourth-order valence-electron chi connectivity index (χ4n) is 2.74. The molecule has 0 bridgehead atoms. The van der Waals surface area contributed by atoms with Gasteiger partial charge in [0, 0.05) is 20.4 Å². The van der Waals surface area contributed by atoms with Crippen molar-refractivity contribution < 1.29 is 14.3 Å². The van der Waals surface area contributed by atoms with Gasteiger partial charge in [-0.1, -0.05) is 51.8 Å². The number of nitrogens with one attached hydrogen (secondary N) is 1. The molecule has 2 aromatic carbocycles. The molecule has 0 fully saturated rings. The molecule has 1 N–H and O–H groups in total. The molecule has 0 radical (unpaired) electrons. The number of nitriles is 1. The zero-order valence-electron chi connectivity index (χ0n) is 16.3. The van der Waals surface area contributed by atoms with Crippen LogP contribution in [0.25, 0.3) is 17.2 Å². The quantitative estimate of drug-likeness (QED) is 0.229. The molecule has 0 spiro atoms. The maximum Gasteiger partial charge on any atom is 0.341 e. The van der Waals surface area contributed by atoms with E-state index in [9.17, 15) is 14.9 Å². The minimum Gasteiger partial charge on any atom is -0.462 e. The molecule has 0 aliphatic heterocycles. The number of rotatable bonds is 6. The van der Waals surface area contributed by atoms with Crippen LogP contribution in [0.1, 0.15) is 22.8 Å². The third-order valence-corrected chi connectivity index (χ3v) is 5.88. The van der Waals surface area contributed by atoms with Crippen molar-refractivity contribution >= 4 is 61.8 Å². The second-order valence-electron chi connectivity index (χ2n) is 6.26. The Bertz CT molecular complexity index is 1180. The fraction of sp³-hybridized carbons (Fsp3) is 0.0870. The lowest BCUT2D eigenvalue weighted by Gasteiger charge is -2.09. The Kier molecular flexibility index (Phi) is 7.64. The van der Waals surface area contributed by atoms with Crippen molar-refractivity contribution in [2.45, 2.75) is 6.92 Å². The SMILES string of the molecule is CCOC(=O)c1c(-c2ccc(Br)cc2)csc1NC(=O)C(C#N)=Cc1ccc(Cl)cc1. The van der Waals surface area contributed by atoms with Crippen molar-refractivity contribution in [2.75, 3.05) is 11.9 Å². The summed E-state index contributed by atoms with van der Waals surface area (Å²) >= 11 is 10.5. The van der Waals surface area contributed by atoms with E-state index in [1.165, 1.54) is 17.4 Å². The van der Waals surface area contributed by atoms with Crippen LogP contribution < -0.4 is 5.32 Å². The number of amides is 1. The Morgan fingerprint density at radius 1 is 1.19 bits per heavy atom. The molecule has 3 rings (SSSR count). The number of esters is 1. The number of ether oxygens (including phenoxy) is 1. The Hall–Kier alpha value is -2.92. The third kappa shape index (κ3) is 5.61. The summed E-state index contributed by atoms with van der Waals surface area (Å²) in [5.41, 5.74) is 2.26. The summed E-state index contributed by atoms with van der Waals surface area (Å²) in [5, 5.41) is 14.8. The summed E-state index contributed by atoms with van der Waals surface area (Å²) in [6, 6.07) is 16.1. The van der Waals surface area contributed by atoms with Crippen LogP contribution in [-0.2, 0) is 9.53 Å². The van der Waals surface area contributed by atoms with Crippen molar-refractivity contribution in [3.8, 4) is 17.2 Å². The van der Waals surface area contributed by atoms with Crippen LogP contribution in [0.3, 0.4) is 0 Å². The second kappa shape index (κ2) is 10.4. The van der Waals surface area contributed by atoms with E-state index in [4.69, 9.17) is 16.3 Å². The molecule has 1 heterocycles. The van der Waals surface area contributed by atoms with Gasteiger partial charge in [0.15, 0.2) is 0 Å². The topological polar surface area (TPSA) is 79.2 Å². The minimum absolute atomic E-state index is 0.101. The van der Waals surface area contributed by atoms with Gasteiger partial charge in [-0.3, -0.25) is 4.79 Å². The molecule has 1 aromatic heterocycles. The van der Waals surface area contributed by atoms with E-state index >= 15 is 0 Å². The van der Waals surface area contributed by atoms with Crippen LogP contribution in [0.5, 0.6) is 0 Å². The summed E-state index contributed by atoms with van der Waals surface area (Å²) < 4.78 is 6.11. The zero-order valence-corrected chi connectivity index (χ0v) is 19.5. The highest BCUT2D eigenvalue weighted by atomic mass is 79.9. The van der Waals surface area contributed by atoms with Crippen LogP contribution in [0, 0.1) is 11.3 Å². The van der Waals surface area contributed by atoms with E-state index in [-0.39, 0.29) is 17.7 Å². The average Bonchev–Trinajstić information content (AvgIpc) is 3.17.